The number of hydrogen-bond donors (Lipinski definition) is 1. The number of rotatable bonds is 3. The monoisotopic (exact) mass is 184 g/mol. The molecule has 1 unspecified atom stereocenters. The van der Waals surface area contributed by atoms with Gasteiger partial charge in [-0.05, 0) is 24.7 Å². The van der Waals surface area contributed by atoms with Crippen molar-refractivity contribution < 1.29 is 14.6 Å². The zero-order valence-electron chi connectivity index (χ0n) is 7.74. The first kappa shape index (κ1) is 9.00. The second-order valence-electron chi connectivity index (χ2n) is 4.03. The number of hydrogen-bond acceptors (Lipinski definition) is 3. The van der Waals surface area contributed by atoms with E-state index in [9.17, 15) is 4.79 Å². The molecule has 0 aromatic rings. The minimum absolute atomic E-state index is 0.0617. The Morgan fingerprint density at radius 1 is 1.31 bits per heavy atom. The molecule has 3 atom stereocenters. The minimum Gasteiger partial charge on any atom is -0.463 e. The molecule has 74 valence electrons. The molecule has 2 fully saturated rings. The van der Waals surface area contributed by atoms with Gasteiger partial charge in [-0.3, -0.25) is 4.79 Å². The van der Waals surface area contributed by atoms with Gasteiger partial charge >= 0.3 is 5.97 Å². The van der Waals surface area contributed by atoms with Gasteiger partial charge in [0, 0.05) is 0 Å². The van der Waals surface area contributed by atoms with Crippen molar-refractivity contribution in [2.24, 2.45) is 17.8 Å². The summed E-state index contributed by atoms with van der Waals surface area (Å²) in [5.74, 6) is 1.32. The summed E-state index contributed by atoms with van der Waals surface area (Å²) in [6.07, 6.45) is 4.93. The van der Waals surface area contributed by atoms with Crippen LogP contribution in [0.5, 0.6) is 0 Å². The van der Waals surface area contributed by atoms with Crippen LogP contribution in [0.3, 0.4) is 0 Å². The highest BCUT2D eigenvalue weighted by Crippen LogP contribution is 2.55. The Morgan fingerprint density at radius 3 is 2.46 bits per heavy atom. The molecule has 2 rings (SSSR count). The van der Waals surface area contributed by atoms with E-state index in [4.69, 9.17) is 9.84 Å². The lowest BCUT2D eigenvalue weighted by Crippen LogP contribution is -2.11. The van der Waals surface area contributed by atoms with Crippen LogP contribution < -0.4 is 0 Å². The van der Waals surface area contributed by atoms with Crippen LogP contribution >= 0.6 is 0 Å². The molecule has 3 heteroatoms. The van der Waals surface area contributed by atoms with Gasteiger partial charge in [0.25, 0.3) is 0 Å². The molecule has 0 amide bonds. The van der Waals surface area contributed by atoms with Crippen molar-refractivity contribution in [1.29, 1.82) is 0 Å². The molecule has 0 bridgehead atoms. The second-order valence-corrected chi connectivity index (χ2v) is 4.03. The topological polar surface area (TPSA) is 46.5 Å². The normalized spacial score (nSPS) is 36.5. The lowest BCUT2D eigenvalue weighted by atomic mass is 10.0. The molecule has 0 heterocycles. The van der Waals surface area contributed by atoms with Gasteiger partial charge in [0.2, 0.25) is 0 Å². The number of carbonyl (C=O) groups is 1. The highest BCUT2D eigenvalue weighted by atomic mass is 16.5. The van der Waals surface area contributed by atoms with Crippen molar-refractivity contribution in [3.8, 4) is 0 Å². The standard InChI is InChI=1S/C10H16O3/c11-5-6-13-10(12)9-7-3-1-2-4-8(7)9/h7-9,11H,1-6H2/t7-,8+,9?. The Morgan fingerprint density at radius 2 is 1.92 bits per heavy atom. The predicted octanol–water partition coefficient (Wildman–Crippen LogP) is 0.958. The number of fused-ring (bicyclic) bond motifs is 1. The maximum Gasteiger partial charge on any atom is 0.309 e. The van der Waals surface area contributed by atoms with Gasteiger partial charge in [-0.1, -0.05) is 12.8 Å². The fraction of sp³-hybridized carbons (Fsp3) is 0.900. The third kappa shape index (κ3) is 1.70. The molecule has 1 N–H and O–H groups in total. The molecular weight excluding hydrogens is 168 g/mol. The lowest BCUT2D eigenvalue weighted by Gasteiger charge is -2.04. The van der Waals surface area contributed by atoms with Crippen LogP contribution in [0.25, 0.3) is 0 Å². The van der Waals surface area contributed by atoms with Crippen molar-refractivity contribution in [3.63, 3.8) is 0 Å². The minimum atomic E-state index is -0.0778. The van der Waals surface area contributed by atoms with Gasteiger partial charge in [0.1, 0.15) is 6.61 Å². The second kappa shape index (κ2) is 3.66. The molecule has 2 saturated carbocycles. The Balaban J connectivity index is 1.79. The Bertz CT molecular complexity index is 190. The van der Waals surface area contributed by atoms with E-state index in [1.165, 1.54) is 25.7 Å². The van der Waals surface area contributed by atoms with Crippen molar-refractivity contribution in [3.05, 3.63) is 0 Å². The van der Waals surface area contributed by atoms with Crippen molar-refractivity contribution in [2.75, 3.05) is 13.2 Å². The lowest BCUT2D eigenvalue weighted by molar-refractivity contribution is -0.146. The van der Waals surface area contributed by atoms with Crippen LogP contribution in [-0.4, -0.2) is 24.3 Å². The fourth-order valence-corrected chi connectivity index (χ4v) is 2.58. The summed E-state index contributed by atoms with van der Waals surface area (Å²) in [5, 5.41) is 8.50. The summed E-state index contributed by atoms with van der Waals surface area (Å²) < 4.78 is 4.92. The largest absolute Gasteiger partial charge is 0.463 e. The summed E-state index contributed by atoms with van der Waals surface area (Å²) in [4.78, 5) is 11.4. The van der Waals surface area contributed by atoms with E-state index in [-0.39, 0.29) is 25.1 Å². The van der Waals surface area contributed by atoms with Crippen LogP contribution in [0, 0.1) is 17.8 Å². The van der Waals surface area contributed by atoms with Gasteiger partial charge in [-0.2, -0.15) is 0 Å². The third-order valence-corrected chi connectivity index (χ3v) is 3.26. The molecule has 13 heavy (non-hydrogen) atoms. The summed E-state index contributed by atoms with van der Waals surface area (Å²) in [6.45, 7) is 0.0998. The smallest absolute Gasteiger partial charge is 0.309 e. The Labute approximate surface area is 78.1 Å². The van der Waals surface area contributed by atoms with E-state index in [1.807, 2.05) is 0 Å². The Kier molecular flexibility index (Phi) is 2.54. The molecule has 0 aromatic heterocycles. The summed E-state index contributed by atoms with van der Waals surface area (Å²) in [6, 6.07) is 0. The summed E-state index contributed by atoms with van der Waals surface area (Å²) in [5.41, 5.74) is 0. The number of esters is 1. The molecule has 3 nitrogen and oxygen atoms in total. The molecule has 0 radical (unpaired) electrons. The molecule has 2 aliphatic rings. The zero-order chi connectivity index (χ0) is 9.26. The van der Waals surface area contributed by atoms with E-state index in [1.54, 1.807) is 0 Å². The first-order chi connectivity index (χ1) is 6.34. The molecule has 0 saturated heterocycles. The zero-order valence-corrected chi connectivity index (χ0v) is 7.74. The maximum absolute atomic E-state index is 11.4. The van der Waals surface area contributed by atoms with Crippen molar-refractivity contribution in [2.45, 2.75) is 25.7 Å². The van der Waals surface area contributed by atoms with Crippen LogP contribution in [0.2, 0.25) is 0 Å². The summed E-state index contributed by atoms with van der Waals surface area (Å²) in [7, 11) is 0. The number of ether oxygens (including phenoxy) is 1. The molecule has 0 spiro atoms. The van der Waals surface area contributed by atoms with E-state index in [0.29, 0.717) is 11.8 Å². The highest BCUT2D eigenvalue weighted by molar-refractivity contribution is 5.76. The molecule has 0 aromatic carbocycles. The van der Waals surface area contributed by atoms with Gasteiger partial charge in [0.15, 0.2) is 0 Å². The number of carbonyl (C=O) groups excluding carboxylic acids is 1. The SMILES string of the molecule is O=C(OCCO)C1[C@H]2CCCC[C@@H]12. The fourth-order valence-electron chi connectivity index (χ4n) is 2.58. The molecular formula is C10H16O3. The summed E-state index contributed by atoms with van der Waals surface area (Å²) >= 11 is 0. The molecule has 0 aliphatic heterocycles. The quantitative estimate of drug-likeness (QED) is 0.664. The number of aliphatic hydroxyl groups excluding tert-OH is 1. The Hall–Kier alpha value is -0.570. The first-order valence-corrected chi connectivity index (χ1v) is 5.12. The molecule has 2 aliphatic carbocycles. The van der Waals surface area contributed by atoms with E-state index >= 15 is 0 Å². The average Bonchev–Trinajstić information content (AvgIpc) is 2.88. The maximum atomic E-state index is 11.4. The van der Waals surface area contributed by atoms with Gasteiger partial charge in [0.05, 0.1) is 12.5 Å². The van der Waals surface area contributed by atoms with E-state index in [2.05, 4.69) is 0 Å². The van der Waals surface area contributed by atoms with Crippen LogP contribution in [0.4, 0.5) is 0 Å². The third-order valence-electron chi connectivity index (χ3n) is 3.26. The number of aliphatic hydroxyl groups is 1. The predicted molar refractivity (Wildman–Crippen MR) is 47.0 cm³/mol. The first-order valence-electron chi connectivity index (χ1n) is 5.12. The van der Waals surface area contributed by atoms with Gasteiger partial charge in [-0.15, -0.1) is 0 Å². The van der Waals surface area contributed by atoms with Gasteiger partial charge in [-0.25, -0.2) is 0 Å². The highest BCUT2D eigenvalue weighted by Gasteiger charge is 2.55. The van der Waals surface area contributed by atoms with Crippen molar-refractivity contribution in [1.82, 2.24) is 0 Å². The van der Waals surface area contributed by atoms with E-state index in [0.717, 1.165) is 0 Å². The van der Waals surface area contributed by atoms with Crippen LogP contribution in [0.1, 0.15) is 25.7 Å². The van der Waals surface area contributed by atoms with Gasteiger partial charge < -0.3 is 9.84 Å². The van der Waals surface area contributed by atoms with Crippen LogP contribution in [-0.2, 0) is 9.53 Å². The van der Waals surface area contributed by atoms with Crippen molar-refractivity contribution >= 4 is 5.97 Å². The average molecular weight is 184 g/mol. The van der Waals surface area contributed by atoms with E-state index < -0.39 is 0 Å². The van der Waals surface area contributed by atoms with Crippen LogP contribution in [0.15, 0.2) is 0 Å².